The normalized spacial score (nSPS) is 11.3. The van der Waals surface area contributed by atoms with Gasteiger partial charge in [0.05, 0.1) is 11.6 Å². The Hall–Kier alpha value is -2.87. The Morgan fingerprint density at radius 1 is 0.750 bits per heavy atom. The van der Waals surface area contributed by atoms with Gasteiger partial charge in [-0.2, -0.15) is 0 Å². The van der Waals surface area contributed by atoms with Gasteiger partial charge >= 0.3 is 0 Å². The average Bonchev–Trinajstić information content (AvgIpc) is 2.61. The predicted molar refractivity (Wildman–Crippen MR) is 100 cm³/mol. The Morgan fingerprint density at radius 3 is 2.29 bits per heavy atom. The summed E-state index contributed by atoms with van der Waals surface area (Å²) in [5.74, 6) is 0.909. The van der Waals surface area contributed by atoms with Crippen LogP contribution in [0.25, 0.3) is 32.8 Å². The molecule has 0 aliphatic carbocycles. The van der Waals surface area contributed by atoms with Crippen LogP contribution >= 0.6 is 0 Å². The van der Waals surface area contributed by atoms with Crippen molar-refractivity contribution in [2.24, 2.45) is 0 Å². The fourth-order valence-corrected chi connectivity index (χ4v) is 3.13. The monoisotopic (exact) mass is 313 g/mol. The number of fused-ring (bicyclic) bond motifs is 2. The lowest BCUT2D eigenvalue weighted by Crippen LogP contribution is -2.07. The minimum atomic E-state index is 0.101. The van der Waals surface area contributed by atoms with Crippen molar-refractivity contribution in [2.75, 3.05) is 0 Å². The van der Waals surface area contributed by atoms with Crippen molar-refractivity contribution in [3.8, 4) is 16.9 Å². The summed E-state index contributed by atoms with van der Waals surface area (Å²) in [7, 11) is 0. The summed E-state index contributed by atoms with van der Waals surface area (Å²) >= 11 is 0. The van der Waals surface area contributed by atoms with E-state index in [1.54, 1.807) is 0 Å². The molecule has 1 heterocycles. The van der Waals surface area contributed by atoms with E-state index in [9.17, 15) is 0 Å². The lowest BCUT2D eigenvalue weighted by molar-refractivity contribution is 0.246. The van der Waals surface area contributed by atoms with E-state index in [-0.39, 0.29) is 6.10 Å². The smallest absolute Gasteiger partial charge is 0.138 e. The molecule has 3 aromatic carbocycles. The van der Waals surface area contributed by atoms with Gasteiger partial charge in [-0.15, -0.1) is 0 Å². The van der Waals surface area contributed by atoms with Crippen LogP contribution in [0.2, 0.25) is 0 Å². The molecule has 1 aromatic heterocycles. The maximum absolute atomic E-state index is 6.22. The summed E-state index contributed by atoms with van der Waals surface area (Å²) in [6.07, 6.45) is 2.03. The van der Waals surface area contributed by atoms with Crippen LogP contribution in [0.1, 0.15) is 13.8 Å². The second-order valence-electron chi connectivity index (χ2n) is 6.21. The molecule has 0 unspecified atom stereocenters. The van der Waals surface area contributed by atoms with Crippen LogP contribution in [0.15, 0.2) is 72.9 Å². The van der Waals surface area contributed by atoms with E-state index in [0.29, 0.717) is 0 Å². The van der Waals surface area contributed by atoms with Crippen LogP contribution in [0.3, 0.4) is 0 Å². The number of pyridine rings is 1. The predicted octanol–water partition coefficient (Wildman–Crippen LogP) is 5.84. The van der Waals surface area contributed by atoms with Gasteiger partial charge in [0.25, 0.3) is 0 Å². The standard InChI is InChI=1S/C22H19NO/c1-15(2)24-22-19-11-5-6-13-21(19)23-14-20(22)18-12-7-9-16-8-3-4-10-17(16)18/h3-15H,1-2H3. The quantitative estimate of drug-likeness (QED) is 0.474. The molecule has 4 rings (SSSR count). The molecule has 4 aromatic rings. The number of benzene rings is 3. The third kappa shape index (κ3) is 2.50. The van der Waals surface area contributed by atoms with Gasteiger partial charge in [-0.1, -0.05) is 54.6 Å². The van der Waals surface area contributed by atoms with Gasteiger partial charge < -0.3 is 4.74 Å². The van der Waals surface area contributed by atoms with Gasteiger partial charge in [-0.05, 0) is 42.3 Å². The van der Waals surface area contributed by atoms with Crippen LogP contribution < -0.4 is 4.74 Å². The number of nitrogens with zero attached hydrogens (tertiary/aromatic N) is 1. The molecular weight excluding hydrogens is 294 g/mol. The fraction of sp³-hybridized carbons (Fsp3) is 0.136. The first-order chi connectivity index (χ1) is 11.7. The molecule has 0 spiro atoms. The minimum Gasteiger partial charge on any atom is -0.490 e. The molecule has 24 heavy (non-hydrogen) atoms. The molecule has 0 saturated carbocycles. The molecule has 2 nitrogen and oxygen atoms in total. The second-order valence-corrected chi connectivity index (χ2v) is 6.21. The molecule has 0 saturated heterocycles. The first-order valence-electron chi connectivity index (χ1n) is 8.26. The summed E-state index contributed by atoms with van der Waals surface area (Å²) in [5, 5.41) is 3.49. The number of para-hydroxylation sites is 1. The highest BCUT2D eigenvalue weighted by Crippen LogP contribution is 2.39. The van der Waals surface area contributed by atoms with Gasteiger partial charge in [0.1, 0.15) is 5.75 Å². The topological polar surface area (TPSA) is 22.1 Å². The van der Waals surface area contributed by atoms with Crippen LogP contribution in [0, 0.1) is 0 Å². The molecule has 0 fully saturated rings. The summed E-state index contributed by atoms with van der Waals surface area (Å²) in [6, 6.07) is 22.9. The third-order valence-corrected chi connectivity index (χ3v) is 4.16. The molecule has 2 heteroatoms. The second kappa shape index (κ2) is 5.97. The first-order valence-corrected chi connectivity index (χ1v) is 8.26. The highest BCUT2D eigenvalue weighted by Gasteiger charge is 2.15. The van der Waals surface area contributed by atoms with Crippen molar-refractivity contribution >= 4 is 21.7 Å². The SMILES string of the molecule is CC(C)Oc1c(-c2cccc3ccccc23)cnc2ccccc12. The molecule has 118 valence electrons. The van der Waals surface area contributed by atoms with Crippen molar-refractivity contribution in [1.82, 2.24) is 4.98 Å². The van der Waals surface area contributed by atoms with E-state index in [0.717, 1.165) is 27.8 Å². The molecule has 0 radical (unpaired) electrons. The van der Waals surface area contributed by atoms with E-state index in [1.807, 2.05) is 24.4 Å². The number of rotatable bonds is 3. The third-order valence-electron chi connectivity index (χ3n) is 4.16. The summed E-state index contributed by atoms with van der Waals surface area (Å²) in [6.45, 7) is 4.12. The van der Waals surface area contributed by atoms with Crippen molar-refractivity contribution in [1.29, 1.82) is 0 Å². The first kappa shape index (κ1) is 14.7. The van der Waals surface area contributed by atoms with Crippen molar-refractivity contribution < 1.29 is 4.74 Å². The summed E-state index contributed by atoms with van der Waals surface area (Å²) in [4.78, 5) is 4.65. The van der Waals surface area contributed by atoms with Crippen molar-refractivity contribution in [2.45, 2.75) is 20.0 Å². The molecule has 0 aliphatic rings. The van der Waals surface area contributed by atoms with Gasteiger partial charge in [0.15, 0.2) is 0 Å². The van der Waals surface area contributed by atoms with E-state index >= 15 is 0 Å². The molecule has 0 atom stereocenters. The van der Waals surface area contributed by atoms with E-state index < -0.39 is 0 Å². The highest BCUT2D eigenvalue weighted by atomic mass is 16.5. The Morgan fingerprint density at radius 2 is 1.46 bits per heavy atom. The van der Waals surface area contributed by atoms with Gasteiger partial charge in [-0.3, -0.25) is 4.98 Å². The van der Waals surface area contributed by atoms with E-state index in [2.05, 4.69) is 67.4 Å². The Kier molecular flexibility index (Phi) is 3.66. The van der Waals surface area contributed by atoms with E-state index in [4.69, 9.17) is 4.74 Å². The minimum absolute atomic E-state index is 0.101. The lowest BCUT2D eigenvalue weighted by atomic mass is 9.97. The Labute approximate surface area is 141 Å². The number of aromatic nitrogens is 1. The van der Waals surface area contributed by atoms with Crippen molar-refractivity contribution in [3.63, 3.8) is 0 Å². The summed E-state index contributed by atoms with van der Waals surface area (Å²) < 4.78 is 6.22. The van der Waals surface area contributed by atoms with Crippen LogP contribution in [0.5, 0.6) is 5.75 Å². The maximum Gasteiger partial charge on any atom is 0.138 e. The Balaban J connectivity index is 2.05. The lowest BCUT2D eigenvalue weighted by Gasteiger charge is -2.17. The highest BCUT2D eigenvalue weighted by molar-refractivity contribution is 6.01. The Bertz CT molecular complexity index is 1020. The van der Waals surface area contributed by atoms with E-state index in [1.165, 1.54) is 10.8 Å². The van der Waals surface area contributed by atoms with Gasteiger partial charge in [0.2, 0.25) is 0 Å². The zero-order valence-electron chi connectivity index (χ0n) is 13.9. The molecule has 0 bridgehead atoms. The zero-order chi connectivity index (χ0) is 16.5. The van der Waals surface area contributed by atoms with Crippen molar-refractivity contribution in [3.05, 3.63) is 72.9 Å². The largest absolute Gasteiger partial charge is 0.490 e. The van der Waals surface area contributed by atoms with Crippen LogP contribution in [-0.4, -0.2) is 11.1 Å². The number of hydrogen-bond acceptors (Lipinski definition) is 2. The molecule has 0 N–H and O–H groups in total. The van der Waals surface area contributed by atoms with Gasteiger partial charge in [0, 0.05) is 17.1 Å². The molecule has 0 amide bonds. The zero-order valence-corrected chi connectivity index (χ0v) is 13.9. The molecule has 0 aliphatic heterocycles. The van der Waals surface area contributed by atoms with Crippen LogP contribution in [0.4, 0.5) is 0 Å². The maximum atomic E-state index is 6.22. The fourth-order valence-electron chi connectivity index (χ4n) is 3.13. The number of ether oxygens (including phenoxy) is 1. The molecular formula is C22H19NO. The van der Waals surface area contributed by atoms with Crippen LogP contribution in [-0.2, 0) is 0 Å². The van der Waals surface area contributed by atoms with Gasteiger partial charge in [-0.25, -0.2) is 0 Å². The number of hydrogen-bond donors (Lipinski definition) is 0. The average molecular weight is 313 g/mol. The summed E-state index contributed by atoms with van der Waals surface area (Å²) in [5.41, 5.74) is 3.15.